The molecule has 43 heavy (non-hydrogen) atoms. The van der Waals surface area contributed by atoms with E-state index in [4.69, 9.17) is 21.1 Å². The number of rotatable bonds is 8. The Hall–Kier alpha value is -4.37. The fourth-order valence-corrected chi connectivity index (χ4v) is 5.83. The van der Waals surface area contributed by atoms with Gasteiger partial charge in [-0.15, -0.1) is 11.3 Å². The second-order valence-electron chi connectivity index (χ2n) is 9.53. The number of esters is 1. The van der Waals surface area contributed by atoms with Gasteiger partial charge in [-0.1, -0.05) is 17.7 Å². The summed E-state index contributed by atoms with van der Waals surface area (Å²) in [4.78, 5) is 47.6. The number of hydrogen-bond acceptors (Lipinski definition) is 11. The number of halogens is 2. The number of aliphatic imine (C=N–C) groups is 1. The monoisotopic (exact) mass is 630 g/mol. The Morgan fingerprint density at radius 3 is 2.72 bits per heavy atom. The van der Waals surface area contributed by atoms with Gasteiger partial charge in [-0.05, 0) is 35.9 Å². The van der Waals surface area contributed by atoms with Crippen molar-refractivity contribution in [2.45, 2.75) is 12.1 Å². The molecule has 0 spiro atoms. The molecule has 3 aromatic rings. The number of aromatic hydroxyl groups is 1. The third kappa shape index (κ3) is 6.22. The lowest BCUT2D eigenvalue weighted by Crippen LogP contribution is -2.51. The molecule has 2 aliphatic rings. The molecular formula is C28H24ClFN4O8S. The van der Waals surface area contributed by atoms with E-state index in [1.165, 1.54) is 48.8 Å². The van der Waals surface area contributed by atoms with Crippen LogP contribution in [-0.4, -0.2) is 88.4 Å². The number of aromatic carboxylic acids is 1. The van der Waals surface area contributed by atoms with Crippen LogP contribution in [0.2, 0.25) is 5.02 Å². The van der Waals surface area contributed by atoms with Crippen molar-refractivity contribution in [2.24, 2.45) is 4.99 Å². The molecule has 2 aromatic carbocycles. The van der Waals surface area contributed by atoms with Crippen LogP contribution < -0.4 is 5.32 Å². The van der Waals surface area contributed by atoms with Gasteiger partial charge >= 0.3 is 17.9 Å². The molecule has 2 atom stereocenters. The van der Waals surface area contributed by atoms with E-state index < -0.39 is 41.6 Å². The van der Waals surface area contributed by atoms with Crippen molar-refractivity contribution < 1.29 is 43.6 Å². The van der Waals surface area contributed by atoms with Gasteiger partial charge in [-0.2, -0.15) is 0 Å². The Morgan fingerprint density at radius 2 is 2.02 bits per heavy atom. The molecule has 0 unspecified atom stereocenters. The van der Waals surface area contributed by atoms with E-state index in [1.807, 2.05) is 0 Å². The highest BCUT2D eigenvalue weighted by Gasteiger charge is 2.37. The maximum absolute atomic E-state index is 14.0. The van der Waals surface area contributed by atoms with E-state index in [9.17, 15) is 34.1 Å². The molecule has 0 radical (unpaired) electrons. The van der Waals surface area contributed by atoms with Crippen LogP contribution in [0.4, 0.5) is 4.39 Å². The van der Waals surface area contributed by atoms with Crippen LogP contribution in [0, 0.1) is 5.82 Å². The van der Waals surface area contributed by atoms with Gasteiger partial charge in [-0.25, -0.2) is 24.0 Å². The highest BCUT2D eigenvalue weighted by Crippen LogP contribution is 2.36. The average molecular weight is 631 g/mol. The molecule has 4 N–H and O–H groups in total. The predicted molar refractivity (Wildman–Crippen MR) is 153 cm³/mol. The Bertz CT molecular complexity index is 1680. The molecule has 1 aromatic heterocycles. The van der Waals surface area contributed by atoms with Crippen molar-refractivity contribution >= 4 is 46.7 Å². The fraction of sp³-hybridized carbons (Fsp3) is 0.250. The van der Waals surface area contributed by atoms with Crippen LogP contribution in [0.1, 0.15) is 27.0 Å². The predicted octanol–water partition coefficient (Wildman–Crippen LogP) is 3.31. The van der Waals surface area contributed by atoms with E-state index in [-0.39, 0.29) is 54.0 Å². The number of ether oxygens (including phenoxy) is 2. The number of carbonyl (C=O) groups excluding carboxylic acids is 1. The zero-order valence-corrected chi connectivity index (χ0v) is 24.0. The smallest absolute Gasteiger partial charge is 0.339 e. The minimum absolute atomic E-state index is 0.0272. The van der Waals surface area contributed by atoms with Gasteiger partial charge in [-0.3, -0.25) is 9.69 Å². The number of hydrogen-bond donors (Lipinski definition) is 4. The molecule has 1 saturated heterocycles. The summed E-state index contributed by atoms with van der Waals surface area (Å²) in [5.74, 6) is -3.92. The number of thiazole rings is 1. The molecular weight excluding hydrogens is 607 g/mol. The van der Waals surface area contributed by atoms with Crippen LogP contribution in [-0.2, 0) is 19.1 Å². The van der Waals surface area contributed by atoms with E-state index in [1.54, 1.807) is 10.3 Å². The number of phenols is 1. The molecule has 3 heterocycles. The Morgan fingerprint density at radius 1 is 1.23 bits per heavy atom. The van der Waals surface area contributed by atoms with Gasteiger partial charge in [0, 0.05) is 29.1 Å². The molecule has 12 nitrogen and oxygen atoms in total. The van der Waals surface area contributed by atoms with E-state index in [2.05, 4.69) is 15.3 Å². The normalized spacial score (nSPS) is 19.0. The summed E-state index contributed by atoms with van der Waals surface area (Å²) >= 11 is 7.60. The summed E-state index contributed by atoms with van der Waals surface area (Å²) < 4.78 is 24.4. The number of amidine groups is 1. The maximum atomic E-state index is 14.0. The topological polar surface area (TPSA) is 171 Å². The van der Waals surface area contributed by atoms with Gasteiger partial charge in [0.25, 0.3) is 0 Å². The summed E-state index contributed by atoms with van der Waals surface area (Å²) in [5, 5.41) is 34.3. The third-order valence-electron chi connectivity index (χ3n) is 6.91. The van der Waals surface area contributed by atoms with Gasteiger partial charge in [0.05, 0.1) is 43.3 Å². The first-order valence-electron chi connectivity index (χ1n) is 12.8. The Labute approximate surface area is 252 Å². The number of nitrogens with zero attached hydrogens (tertiary/aromatic N) is 3. The second-order valence-corrected chi connectivity index (χ2v) is 10.8. The number of aliphatic carboxylic acids is 1. The molecule has 224 valence electrons. The first kappa shape index (κ1) is 30.1. The highest BCUT2D eigenvalue weighted by molar-refractivity contribution is 7.12. The molecule has 2 aliphatic heterocycles. The van der Waals surface area contributed by atoms with Gasteiger partial charge in [0.1, 0.15) is 23.2 Å². The number of carboxylic acid groups (broad SMARTS) is 2. The van der Waals surface area contributed by atoms with Crippen molar-refractivity contribution in [3.05, 3.63) is 80.0 Å². The lowest BCUT2D eigenvalue weighted by molar-refractivity contribution is -0.149. The first-order chi connectivity index (χ1) is 20.6. The number of carboxylic acids is 2. The van der Waals surface area contributed by atoms with Gasteiger partial charge < -0.3 is 30.1 Å². The largest absolute Gasteiger partial charge is 0.507 e. The number of methoxy groups -OCH3 is 1. The summed E-state index contributed by atoms with van der Waals surface area (Å²) in [5.41, 5.74) is 1.11. The number of carbonyl (C=O) groups is 3. The average Bonchev–Trinajstić information content (AvgIpc) is 3.47. The molecule has 0 amide bonds. The summed E-state index contributed by atoms with van der Waals surface area (Å²) in [7, 11) is 1.19. The number of nitrogens with one attached hydrogen (secondary N) is 1. The van der Waals surface area contributed by atoms with Gasteiger partial charge in [0.15, 0.2) is 10.8 Å². The van der Waals surface area contributed by atoms with E-state index in [0.717, 1.165) is 6.07 Å². The molecule has 5 rings (SSSR count). The van der Waals surface area contributed by atoms with Crippen molar-refractivity contribution in [3.63, 3.8) is 0 Å². The van der Waals surface area contributed by atoms with Crippen molar-refractivity contribution in [3.8, 4) is 17.0 Å². The van der Waals surface area contributed by atoms with Crippen molar-refractivity contribution in [2.75, 3.05) is 33.4 Å². The molecule has 0 bridgehead atoms. The van der Waals surface area contributed by atoms with Crippen LogP contribution in [0.25, 0.3) is 11.3 Å². The van der Waals surface area contributed by atoms with Crippen LogP contribution in [0.15, 0.2) is 58.0 Å². The van der Waals surface area contributed by atoms with Crippen LogP contribution in [0.5, 0.6) is 5.75 Å². The summed E-state index contributed by atoms with van der Waals surface area (Å²) in [6.45, 7) is 0.402. The number of morpholine rings is 1. The fourth-order valence-electron chi connectivity index (χ4n) is 4.78. The standard InChI is InChI=1S/C28H24ClFN4O8S/c1-41-28(40)22-18(10-34-6-7-42-11-20(34)27(38)39)31-24(33-23(22)15-4-3-14(30)9-17(15)29)25-32-19(12-43-25)13-2-5-21(35)16(8-13)26(36)37/h2-5,8-9,12,20,23,35H,6-7,10-11H2,1H3,(H,31,33)(H,36,37)(H,38,39)/t20-,23-/m0/s1. The maximum Gasteiger partial charge on any atom is 0.339 e. The Kier molecular flexibility index (Phi) is 8.73. The molecule has 0 aliphatic carbocycles. The first-order valence-corrected chi connectivity index (χ1v) is 14.0. The Balaban J connectivity index is 1.62. The van der Waals surface area contributed by atoms with E-state index in [0.29, 0.717) is 21.8 Å². The lowest BCUT2D eigenvalue weighted by atomic mass is 9.94. The van der Waals surface area contributed by atoms with Crippen molar-refractivity contribution in [1.29, 1.82) is 0 Å². The van der Waals surface area contributed by atoms with E-state index >= 15 is 0 Å². The van der Waals surface area contributed by atoms with Gasteiger partial charge in [0.2, 0.25) is 0 Å². The second kappa shape index (κ2) is 12.5. The van der Waals surface area contributed by atoms with Crippen molar-refractivity contribution in [1.82, 2.24) is 15.2 Å². The highest BCUT2D eigenvalue weighted by atomic mass is 35.5. The third-order valence-corrected chi connectivity index (χ3v) is 8.09. The number of aromatic nitrogens is 1. The lowest BCUT2D eigenvalue weighted by Gasteiger charge is -2.35. The molecule has 0 saturated carbocycles. The molecule has 1 fully saturated rings. The van der Waals surface area contributed by atoms with Crippen LogP contribution >= 0.6 is 22.9 Å². The molecule has 15 heteroatoms. The quantitative estimate of drug-likeness (QED) is 0.269. The minimum atomic E-state index is -1.31. The van der Waals surface area contributed by atoms with Crippen LogP contribution in [0.3, 0.4) is 0 Å². The SMILES string of the molecule is COC(=O)C1=C(CN2CCOC[C@H]2C(=O)O)N=C(c2nc(-c3ccc(O)c(C(=O)O)c3)cs2)N[C@H]1c1ccc(F)cc1Cl. The zero-order chi connectivity index (χ0) is 30.8. The summed E-state index contributed by atoms with van der Waals surface area (Å²) in [6.07, 6.45) is 0. The summed E-state index contributed by atoms with van der Waals surface area (Å²) in [6, 6.07) is 5.81. The zero-order valence-electron chi connectivity index (χ0n) is 22.4. The number of benzene rings is 2. The minimum Gasteiger partial charge on any atom is -0.507 e.